The second-order valence-corrected chi connectivity index (χ2v) is 5.13. The number of para-hydroxylation sites is 1. The Bertz CT molecular complexity index is 795. The van der Waals surface area contributed by atoms with E-state index in [1.54, 1.807) is 6.20 Å². The topological polar surface area (TPSA) is 42.1 Å². The molecule has 3 nitrogen and oxygen atoms in total. The Labute approximate surface area is 117 Å². The van der Waals surface area contributed by atoms with Crippen LogP contribution in [-0.4, -0.2) is 11.5 Å². The van der Waals surface area contributed by atoms with Crippen molar-refractivity contribution < 1.29 is 0 Å². The van der Waals surface area contributed by atoms with Crippen molar-refractivity contribution in [1.82, 2.24) is 4.98 Å². The van der Waals surface area contributed by atoms with Crippen molar-refractivity contribution in [2.75, 3.05) is 17.2 Å². The van der Waals surface area contributed by atoms with E-state index >= 15 is 0 Å². The van der Waals surface area contributed by atoms with Crippen LogP contribution in [0.25, 0.3) is 10.8 Å². The third-order valence-corrected chi connectivity index (χ3v) is 4.02. The summed E-state index contributed by atoms with van der Waals surface area (Å²) in [7, 11) is 0. The Morgan fingerprint density at radius 1 is 1.00 bits per heavy atom. The minimum Gasteiger partial charge on any atom is -0.397 e. The maximum Gasteiger partial charge on any atom is 0.0651 e. The summed E-state index contributed by atoms with van der Waals surface area (Å²) < 4.78 is 0. The number of rotatable bonds is 1. The summed E-state index contributed by atoms with van der Waals surface area (Å²) in [6.07, 6.45) is 4.72. The Morgan fingerprint density at radius 2 is 1.90 bits per heavy atom. The summed E-state index contributed by atoms with van der Waals surface area (Å²) in [5, 5.41) is 2.16. The van der Waals surface area contributed by atoms with E-state index in [2.05, 4.69) is 46.3 Å². The molecule has 4 rings (SSSR count). The third-order valence-electron chi connectivity index (χ3n) is 4.02. The van der Waals surface area contributed by atoms with Crippen molar-refractivity contribution in [3.05, 3.63) is 60.4 Å². The molecule has 2 heterocycles. The molecule has 3 heteroatoms. The predicted molar refractivity (Wildman–Crippen MR) is 83.3 cm³/mol. The number of anilines is 3. The molecule has 2 aromatic carbocycles. The van der Waals surface area contributed by atoms with Gasteiger partial charge in [-0.3, -0.25) is 4.98 Å². The zero-order valence-electron chi connectivity index (χ0n) is 11.1. The van der Waals surface area contributed by atoms with Gasteiger partial charge in [-0.25, -0.2) is 0 Å². The van der Waals surface area contributed by atoms with Gasteiger partial charge in [0.1, 0.15) is 0 Å². The van der Waals surface area contributed by atoms with Gasteiger partial charge in [0.25, 0.3) is 0 Å². The molecule has 0 saturated heterocycles. The van der Waals surface area contributed by atoms with E-state index in [0.717, 1.165) is 35.1 Å². The molecule has 2 N–H and O–H groups in total. The summed E-state index contributed by atoms with van der Waals surface area (Å²) in [6.45, 7) is 0.986. The van der Waals surface area contributed by atoms with Crippen LogP contribution >= 0.6 is 0 Å². The molecule has 0 amide bonds. The third kappa shape index (κ3) is 1.56. The minimum atomic E-state index is 0.835. The van der Waals surface area contributed by atoms with Gasteiger partial charge in [0.05, 0.1) is 11.4 Å². The molecular weight excluding hydrogens is 246 g/mol. The molecule has 0 saturated carbocycles. The first-order valence-corrected chi connectivity index (χ1v) is 6.82. The molecule has 20 heavy (non-hydrogen) atoms. The number of fused-ring (bicyclic) bond motifs is 2. The van der Waals surface area contributed by atoms with Gasteiger partial charge in [-0.05, 0) is 30.2 Å². The van der Waals surface area contributed by atoms with E-state index in [-0.39, 0.29) is 0 Å². The molecule has 0 bridgehead atoms. The number of pyridine rings is 1. The Kier molecular flexibility index (Phi) is 2.39. The number of nitrogens with two attached hydrogens (primary N) is 1. The number of nitrogens with zero attached hydrogens (tertiary/aromatic N) is 2. The average Bonchev–Trinajstić information content (AvgIpc) is 2.92. The van der Waals surface area contributed by atoms with Crippen molar-refractivity contribution in [3.8, 4) is 0 Å². The van der Waals surface area contributed by atoms with E-state index in [0.29, 0.717) is 0 Å². The highest BCUT2D eigenvalue weighted by molar-refractivity contribution is 6.00. The molecule has 0 radical (unpaired) electrons. The van der Waals surface area contributed by atoms with E-state index < -0.39 is 0 Å². The van der Waals surface area contributed by atoms with Gasteiger partial charge in [0.2, 0.25) is 0 Å². The minimum absolute atomic E-state index is 0.835. The van der Waals surface area contributed by atoms with Crippen molar-refractivity contribution in [2.45, 2.75) is 6.42 Å². The van der Waals surface area contributed by atoms with Crippen LogP contribution in [0, 0.1) is 0 Å². The lowest BCUT2D eigenvalue weighted by molar-refractivity contribution is 1.00. The first kappa shape index (κ1) is 11.3. The second kappa shape index (κ2) is 4.23. The highest BCUT2D eigenvalue weighted by Gasteiger charge is 2.21. The summed E-state index contributed by atoms with van der Waals surface area (Å²) in [5.41, 5.74) is 11.0. The smallest absolute Gasteiger partial charge is 0.0651 e. The molecule has 0 unspecified atom stereocenters. The van der Waals surface area contributed by atoms with Crippen molar-refractivity contribution >= 4 is 27.8 Å². The maximum atomic E-state index is 6.39. The molecule has 98 valence electrons. The molecular formula is C17H15N3. The van der Waals surface area contributed by atoms with Crippen LogP contribution < -0.4 is 10.6 Å². The van der Waals surface area contributed by atoms with Gasteiger partial charge in [-0.15, -0.1) is 0 Å². The highest BCUT2D eigenvalue weighted by Crippen LogP contribution is 2.39. The monoisotopic (exact) mass is 261 g/mol. The fourth-order valence-corrected chi connectivity index (χ4v) is 3.01. The zero-order chi connectivity index (χ0) is 13.5. The van der Waals surface area contributed by atoms with Gasteiger partial charge in [0, 0.05) is 35.4 Å². The number of benzene rings is 2. The normalized spacial score (nSPS) is 13.7. The molecule has 0 atom stereocenters. The average molecular weight is 261 g/mol. The summed E-state index contributed by atoms with van der Waals surface area (Å²) >= 11 is 0. The molecule has 0 spiro atoms. The van der Waals surface area contributed by atoms with Gasteiger partial charge in [0.15, 0.2) is 0 Å². The van der Waals surface area contributed by atoms with E-state index in [9.17, 15) is 0 Å². The lowest BCUT2D eigenvalue weighted by Gasteiger charge is -2.22. The Hall–Kier alpha value is -2.55. The largest absolute Gasteiger partial charge is 0.397 e. The van der Waals surface area contributed by atoms with E-state index in [4.69, 9.17) is 5.73 Å². The first-order chi connectivity index (χ1) is 9.84. The van der Waals surface area contributed by atoms with Crippen LogP contribution in [0.2, 0.25) is 0 Å². The Morgan fingerprint density at radius 3 is 2.85 bits per heavy atom. The van der Waals surface area contributed by atoms with Crippen LogP contribution in [0.3, 0.4) is 0 Å². The Balaban J connectivity index is 1.90. The number of hydrogen-bond acceptors (Lipinski definition) is 3. The fraction of sp³-hybridized carbons (Fsp3) is 0.118. The maximum absolute atomic E-state index is 6.39. The van der Waals surface area contributed by atoms with Crippen molar-refractivity contribution in [3.63, 3.8) is 0 Å². The van der Waals surface area contributed by atoms with Gasteiger partial charge >= 0.3 is 0 Å². The fourth-order valence-electron chi connectivity index (χ4n) is 3.01. The molecule has 0 fully saturated rings. The SMILES string of the molecule is Nc1c(N2CCc3ccccc32)ccc2cnccc12. The van der Waals surface area contributed by atoms with Crippen molar-refractivity contribution in [2.24, 2.45) is 0 Å². The second-order valence-electron chi connectivity index (χ2n) is 5.13. The van der Waals surface area contributed by atoms with Gasteiger partial charge < -0.3 is 10.6 Å². The lowest BCUT2D eigenvalue weighted by atomic mass is 10.1. The van der Waals surface area contributed by atoms with E-state index in [1.807, 2.05) is 12.3 Å². The molecule has 1 aliphatic heterocycles. The molecule has 1 aromatic heterocycles. The molecule has 0 aliphatic carbocycles. The number of aromatic nitrogens is 1. The van der Waals surface area contributed by atoms with Gasteiger partial charge in [-0.1, -0.05) is 24.3 Å². The van der Waals surface area contributed by atoms with Crippen LogP contribution in [-0.2, 0) is 6.42 Å². The standard InChI is InChI=1S/C17H15N3/c18-17-14-7-9-19-11-13(14)5-6-16(17)20-10-8-12-3-1-2-4-15(12)20/h1-7,9,11H,8,10,18H2. The van der Waals surface area contributed by atoms with Crippen LogP contribution in [0.1, 0.15) is 5.56 Å². The predicted octanol–water partition coefficient (Wildman–Crippen LogP) is 3.51. The van der Waals surface area contributed by atoms with Crippen molar-refractivity contribution in [1.29, 1.82) is 0 Å². The first-order valence-electron chi connectivity index (χ1n) is 6.82. The zero-order valence-corrected chi connectivity index (χ0v) is 11.1. The van der Waals surface area contributed by atoms with Crippen LogP contribution in [0.4, 0.5) is 17.1 Å². The van der Waals surface area contributed by atoms with Crippen LogP contribution in [0.5, 0.6) is 0 Å². The lowest BCUT2D eigenvalue weighted by Crippen LogP contribution is -2.15. The van der Waals surface area contributed by atoms with Gasteiger partial charge in [-0.2, -0.15) is 0 Å². The number of hydrogen-bond donors (Lipinski definition) is 1. The van der Waals surface area contributed by atoms with E-state index in [1.165, 1.54) is 11.3 Å². The quantitative estimate of drug-likeness (QED) is 0.682. The number of nitrogen functional groups attached to an aromatic ring is 1. The molecule has 1 aliphatic rings. The van der Waals surface area contributed by atoms with Crippen LogP contribution in [0.15, 0.2) is 54.9 Å². The summed E-state index contributed by atoms with van der Waals surface area (Å²) in [6, 6.07) is 14.7. The summed E-state index contributed by atoms with van der Waals surface area (Å²) in [5.74, 6) is 0. The molecule has 3 aromatic rings. The summed E-state index contributed by atoms with van der Waals surface area (Å²) in [4.78, 5) is 6.46. The highest BCUT2D eigenvalue weighted by atomic mass is 15.2.